The third kappa shape index (κ3) is 3.48. The van der Waals surface area contributed by atoms with Crippen molar-refractivity contribution in [3.63, 3.8) is 0 Å². The summed E-state index contributed by atoms with van der Waals surface area (Å²) < 4.78 is 1.89. The highest BCUT2D eigenvalue weighted by atomic mass is 15.4. The van der Waals surface area contributed by atoms with Crippen LogP contribution in [0, 0.1) is 0 Å². The molecule has 0 aliphatic rings. The Morgan fingerprint density at radius 3 is 2.67 bits per heavy atom. The quantitative estimate of drug-likeness (QED) is 0.729. The molecule has 3 rings (SSSR count). The lowest BCUT2D eigenvalue weighted by atomic mass is 10.1. The fourth-order valence-corrected chi connectivity index (χ4v) is 2.33. The molecular formula is C17H18N4. The van der Waals surface area contributed by atoms with E-state index < -0.39 is 0 Å². The van der Waals surface area contributed by atoms with E-state index in [9.17, 15) is 0 Å². The molecule has 0 spiro atoms. The summed E-state index contributed by atoms with van der Waals surface area (Å²) in [6.07, 6.45) is 4.07. The third-order valence-electron chi connectivity index (χ3n) is 3.42. The highest BCUT2D eigenvalue weighted by molar-refractivity contribution is 5.62. The molecule has 1 heterocycles. The van der Waals surface area contributed by atoms with E-state index in [0.717, 1.165) is 36.3 Å². The van der Waals surface area contributed by atoms with Gasteiger partial charge < -0.3 is 5.73 Å². The third-order valence-corrected chi connectivity index (χ3v) is 3.42. The van der Waals surface area contributed by atoms with Gasteiger partial charge in [-0.25, -0.2) is 0 Å². The van der Waals surface area contributed by atoms with Crippen LogP contribution in [-0.4, -0.2) is 15.0 Å². The number of aromatic nitrogens is 3. The first-order valence-corrected chi connectivity index (χ1v) is 7.11. The number of nitrogens with zero attached hydrogens (tertiary/aromatic N) is 3. The van der Waals surface area contributed by atoms with Crippen molar-refractivity contribution < 1.29 is 0 Å². The van der Waals surface area contributed by atoms with Crippen molar-refractivity contribution in [2.45, 2.75) is 19.4 Å². The minimum absolute atomic E-state index is 0.742. The summed E-state index contributed by atoms with van der Waals surface area (Å²) in [5.74, 6) is 0. The van der Waals surface area contributed by atoms with Crippen LogP contribution >= 0.6 is 0 Å². The Labute approximate surface area is 124 Å². The maximum absolute atomic E-state index is 5.79. The van der Waals surface area contributed by atoms with Gasteiger partial charge in [0.15, 0.2) is 0 Å². The Hall–Kier alpha value is -2.62. The molecule has 4 heteroatoms. The highest BCUT2D eigenvalue weighted by Crippen LogP contribution is 2.18. The number of nitrogens with two attached hydrogens (primary N) is 1. The summed E-state index contributed by atoms with van der Waals surface area (Å²) in [7, 11) is 0. The average molecular weight is 278 g/mol. The van der Waals surface area contributed by atoms with Crippen LogP contribution in [0.15, 0.2) is 60.8 Å². The van der Waals surface area contributed by atoms with Gasteiger partial charge in [0.2, 0.25) is 0 Å². The Morgan fingerprint density at radius 2 is 1.86 bits per heavy atom. The van der Waals surface area contributed by atoms with E-state index in [0.29, 0.717) is 0 Å². The molecule has 0 saturated carbocycles. The molecule has 0 bridgehead atoms. The van der Waals surface area contributed by atoms with E-state index >= 15 is 0 Å². The molecule has 21 heavy (non-hydrogen) atoms. The molecule has 0 atom stereocenters. The fourth-order valence-electron chi connectivity index (χ4n) is 2.33. The van der Waals surface area contributed by atoms with Crippen molar-refractivity contribution in [1.29, 1.82) is 0 Å². The minimum atomic E-state index is 0.742. The number of benzene rings is 2. The zero-order valence-electron chi connectivity index (χ0n) is 11.8. The lowest BCUT2D eigenvalue weighted by Gasteiger charge is -2.01. The van der Waals surface area contributed by atoms with E-state index in [1.54, 1.807) is 0 Å². The second kappa shape index (κ2) is 6.22. The molecule has 0 saturated heterocycles. The van der Waals surface area contributed by atoms with E-state index in [4.69, 9.17) is 5.73 Å². The first-order chi connectivity index (χ1) is 10.3. The summed E-state index contributed by atoms with van der Waals surface area (Å²) in [6.45, 7) is 0.865. The van der Waals surface area contributed by atoms with Gasteiger partial charge in [-0.1, -0.05) is 47.7 Å². The smallest absolute Gasteiger partial charge is 0.113 e. The molecule has 4 nitrogen and oxygen atoms in total. The van der Waals surface area contributed by atoms with Crippen molar-refractivity contribution in [3.8, 4) is 11.3 Å². The van der Waals surface area contributed by atoms with Gasteiger partial charge in [0.1, 0.15) is 5.69 Å². The van der Waals surface area contributed by atoms with Gasteiger partial charge in [0.25, 0.3) is 0 Å². The van der Waals surface area contributed by atoms with Gasteiger partial charge >= 0.3 is 0 Å². The Bertz CT molecular complexity index is 704. The predicted molar refractivity (Wildman–Crippen MR) is 84.6 cm³/mol. The lowest BCUT2D eigenvalue weighted by Crippen LogP contribution is -2.00. The van der Waals surface area contributed by atoms with Crippen LogP contribution in [0.25, 0.3) is 11.3 Å². The monoisotopic (exact) mass is 278 g/mol. The fraction of sp³-hybridized carbons (Fsp3) is 0.176. The molecule has 2 N–H and O–H groups in total. The van der Waals surface area contributed by atoms with Crippen molar-refractivity contribution in [3.05, 3.63) is 66.4 Å². The van der Waals surface area contributed by atoms with Crippen LogP contribution in [-0.2, 0) is 13.0 Å². The Morgan fingerprint density at radius 1 is 1.00 bits per heavy atom. The van der Waals surface area contributed by atoms with Gasteiger partial charge in [-0.15, -0.1) is 5.10 Å². The summed E-state index contributed by atoms with van der Waals surface area (Å²) in [5, 5.41) is 8.39. The largest absolute Gasteiger partial charge is 0.399 e. The molecule has 3 aromatic rings. The number of hydrogen-bond acceptors (Lipinski definition) is 3. The second-order valence-electron chi connectivity index (χ2n) is 5.08. The SMILES string of the molecule is Nc1cccc(-c2cn(CCCc3ccccc3)nn2)c1. The van der Waals surface area contributed by atoms with Gasteiger partial charge in [-0.3, -0.25) is 4.68 Å². The molecule has 0 aliphatic carbocycles. The molecular weight excluding hydrogens is 260 g/mol. The maximum atomic E-state index is 5.79. The predicted octanol–water partition coefficient (Wildman–Crippen LogP) is 3.16. The van der Waals surface area contributed by atoms with Crippen molar-refractivity contribution in [1.82, 2.24) is 15.0 Å². The molecule has 0 radical (unpaired) electrons. The number of rotatable bonds is 5. The average Bonchev–Trinajstić information content (AvgIpc) is 2.97. The van der Waals surface area contributed by atoms with Gasteiger partial charge in [0.05, 0.1) is 6.20 Å². The van der Waals surface area contributed by atoms with Crippen LogP contribution in [0.3, 0.4) is 0 Å². The molecule has 106 valence electrons. The molecule has 2 aromatic carbocycles. The van der Waals surface area contributed by atoms with E-state index in [2.05, 4.69) is 34.6 Å². The van der Waals surface area contributed by atoms with Gasteiger partial charge in [-0.2, -0.15) is 0 Å². The first-order valence-electron chi connectivity index (χ1n) is 7.11. The van der Waals surface area contributed by atoms with Crippen molar-refractivity contribution in [2.24, 2.45) is 0 Å². The molecule has 0 aliphatic heterocycles. The normalized spacial score (nSPS) is 10.7. The van der Waals surface area contributed by atoms with E-state index in [1.165, 1.54) is 5.56 Å². The van der Waals surface area contributed by atoms with Crippen LogP contribution in [0.5, 0.6) is 0 Å². The zero-order valence-corrected chi connectivity index (χ0v) is 11.8. The van der Waals surface area contributed by atoms with E-state index in [1.807, 2.05) is 41.2 Å². The molecule has 0 amide bonds. The summed E-state index contributed by atoms with van der Waals surface area (Å²) in [5.41, 5.74) is 9.76. The number of aryl methyl sites for hydroxylation is 2. The van der Waals surface area contributed by atoms with Crippen LogP contribution in [0.2, 0.25) is 0 Å². The summed E-state index contributed by atoms with van der Waals surface area (Å²) in [4.78, 5) is 0. The summed E-state index contributed by atoms with van der Waals surface area (Å²) in [6, 6.07) is 18.2. The molecule has 0 fully saturated rings. The minimum Gasteiger partial charge on any atom is -0.399 e. The van der Waals surface area contributed by atoms with E-state index in [-0.39, 0.29) is 0 Å². The van der Waals surface area contributed by atoms with Crippen LogP contribution in [0.4, 0.5) is 5.69 Å². The standard InChI is InChI=1S/C17H18N4/c18-16-10-4-9-15(12-16)17-13-21(20-19-17)11-5-8-14-6-2-1-3-7-14/h1-4,6-7,9-10,12-13H,5,8,11,18H2. The highest BCUT2D eigenvalue weighted by Gasteiger charge is 2.04. The lowest BCUT2D eigenvalue weighted by molar-refractivity contribution is 0.559. The molecule has 1 aromatic heterocycles. The van der Waals surface area contributed by atoms with Crippen LogP contribution in [0.1, 0.15) is 12.0 Å². The number of nitrogen functional groups attached to an aromatic ring is 1. The molecule has 0 unspecified atom stereocenters. The number of anilines is 1. The Balaban J connectivity index is 1.60. The van der Waals surface area contributed by atoms with Crippen LogP contribution < -0.4 is 5.73 Å². The number of hydrogen-bond donors (Lipinski definition) is 1. The summed E-state index contributed by atoms with van der Waals surface area (Å²) >= 11 is 0. The van der Waals surface area contributed by atoms with Crippen molar-refractivity contribution >= 4 is 5.69 Å². The topological polar surface area (TPSA) is 56.7 Å². The first kappa shape index (κ1) is 13.4. The van der Waals surface area contributed by atoms with Gasteiger partial charge in [0, 0.05) is 17.8 Å². The second-order valence-corrected chi connectivity index (χ2v) is 5.08. The maximum Gasteiger partial charge on any atom is 0.113 e. The Kier molecular flexibility index (Phi) is 3.96. The zero-order chi connectivity index (χ0) is 14.5. The van der Waals surface area contributed by atoms with Crippen molar-refractivity contribution in [2.75, 3.05) is 5.73 Å². The van der Waals surface area contributed by atoms with Gasteiger partial charge in [-0.05, 0) is 30.5 Å².